The minimum absolute atomic E-state index is 0.0434. The summed E-state index contributed by atoms with van der Waals surface area (Å²) < 4.78 is 13.3. The van der Waals surface area contributed by atoms with Gasteiger partial charge < -0.3 is 15.5 Å². The maximum atomic E-state index is 13.3. The molecule has 2 aromatic rings. The molecule has 1 amide bonds. The maximum absolute atomic E-state index is 13.3. The first-order valence-electron chi connectivity index (χ1n) is 9.79. The Morgan fingerprint density at radius 3 is 2.41 bits per heavy atom. The van der Waals surface area contributed by atoms with Crippen molar-refractivity contribution in [1.82, 2.24) is 15.3 Å². The monoisotopic (exact) mass is 419 g/mol. The third-order valence-corrected chi connectivity index (χ3v) is 5.53. The normalized spacial score (nSPS) is 19.0. The molecule has 2 N–H and O–H groups in total. The van der Waals surface area contributed by atoms with Crippen LogP contribution in [0.5, 0.6) is 0 Å². The molecule has 0 radical (unpaired) electrons. The van der Waals surface area contributed by atoms with Crippen LogP contribution in [0, 0.1) is 19.7 Å². The molecule has 0 unspecified atom stereocenters. The number of nitrogens with one attached hydrogen (secondary N) is 2. The van der Waals surface area contributed by atoms with Gasteiger partial charge >= 0.3 is 0 Å². The van der Waals surface area contributed by atoms with E-state index < -0.39 is 5.82 Å². The molecule has 6 nitrogen and oxygen atoms in total. The number of aromatic nitrogens is 2. The number of hydrogen-bond donors (Lipinski definition) is 2. The van der Waals surface area contributed by atoms with E-state index in [9.17, 15) is 9.18 Å². The van der Waals surface area contributed by atoms with Crippen LogP contribution in [0.2, 0.25) is 5.02 Å². The predicted octanol–water partition coefficient (Wildman–Crippen LogP) is 4.11. The number of nitrogens with zero attached hydrogens (tertiary/aromatic N) is 3. The van der Waals surface area contributed by atoms with E-state index in [4.69, 9.17) is 11.6 Å². The number of rotatable bonds is 5. The highest BCUT2D eigenvalue weighted by Crippen LogP contribution is 2.27. The van der Waals surface area contributed by atoms with Gasteiger partial charge in [-0.1, -0.05) is 11.6 Å². The zero-order valence-electron chi connectivity index (χ0n) is 17.2. The van der Waals surface area contributed by atoms with Gasteiger partial charge in [0.15, 0.2) is 0 Å². The molecule has 0 aliphatic heterocycles. The van der Waals surface area contributed by atoms with Gasteiger partial charge in [-0.3, -0.25) is 4.79 Å². The van der Waals surface area contributed by atoms with Gasteiger partial charge in [-0.2, -0.15) is 0 Å². The molecule has 0 saturated heterocycles. The van der Waals surface area contributed by atoms with Crippen molar-refractivity contribution in [3.63, 3.8) is 0 Å². The van der Waals surface area contributed by atoms with E-state index in [2.05, 4.69) is 20.6 Å². The number of hydrogen-bond acceptors (Lipinski definition) is 5. The molecule has 1 fully saturated rings. The molecular weight excluding hydrogens is 393 g/mol. The van der Waals surface area contributed by atoms with Gasteiger partial charge in [0.1, 0.15) is 23.3 Å². The van der Waals surface area contributed by atoms with Gasteiger partial charge in [-0.25, -0.2) is 14.4 Å². The van der Waals surface area contributed by atoms with Crippen LogP contribution in [-0.2, 0) is 0 Å². The summed E-state index contributed by atoms with van der Waals surface area (Å²) in [6, 6.07) is 4.42. The number of carbonyl (C=O) groups excluding carboxylic acids is 1. The molecule has 0 bridgehead atoms. The first-order chi connectivity index (χ1) is 13.7. The van der Waals surface area contributed by atoms with Gasteiger partial charge in [-0.05, 0) is 57.7 Å². The lowest BCUT2D eigenvalue weighted by molar-refractivity contribution is 0.0926. The van der Waals surface area contributed by atoms with E-state index in [1.807, 2.05) is 32.8 Å². The lowest BCUT2D eigenvalue weighted by Crippen LogP contribution is -2.40. The minimum Gasteiger partial charge on any atom is -0.367 e. The summed E-state index contributed by atoms with van der Waals surface area (Å²) in [6.07, 6.45) is 3.58. The Kier molecular flexibility index (Phi) is 6.57. The second-order valence-corrected chi connectivity index (χ2v) is 8.16. The fourth-order valence-electron chi connectivity index (χ4n) is 3.67. The van der Waals surface area contributed by atoms with Gasteiger partial charge in [0.05, 0.1) is 5.02 Å². The first-order valence-corrected chi connectivity index (χ1v) is 10.2. The summed E-state index contributed by atoms with van der Waals surface area (Å²) in [5.74, 6) is 1.78. The van der Waals surface area contributed by atoms with E-state index in [0.717, 1.165) is 48.7 Å². The van der Waals surface area contributed by atoms with Crippen LogP contribution >= 0.6 is 11.6 Å². The van der Waals surface area contributed by atoms with Gasteiger partial charge in [0.2, 0.25) is 0 Å². The molecular formula is C21H27ClFN5O. The van der Waals surface area contributed by atoms with Gasteiger partial charge in [0, 0.05) is 37.3 Å². The van der Waals surface area contributed by atoms with Crippen molar-refractivity contribution in [3.05, 3.63) is 46.0 Å². The van der Waals surface area contributed by atoms with Crippen molar-refractivity contribution >= 4 is 29.1 Å². The summed E-state index contributed by atoms with van der Waals surface area (Å²) in [4.78, 5) is 23.5. The lowest BCUT2D eigenvalue weighted by Gasteiger charge is -2.30. The van der Waals surface area contributed by atoms with Gasteiger partial charge in [0.25, 0.3) is 5.91 Å². The van der Waals surface area contributed by atoms with Crippen LogP contribution in [-0.4, -0.2) is 42.1 Å². The predicted molar refractivity (Wildman–Crippen MR) is 114 cm³/mol. The lowest BCUT2D eigenvalue weighted by atomic mass is 9.91. The third-order valence-electron chi connectivity index (χ3n) is 5.24. The zero-order chi connectivity index (χ0) is 21.1. The second-order valence-electron chi connectivity index (χ2n) is 7.76. The largest absolute Gasteiger partial charge is 0.367 e. The average molecular weight is 420 g/mol. The molecule has 1 aliphatic rings. The van der Waals surface area contributed by atoms with E-state index >= 15 is 0 Å². The molecule has 0 spiro atoms. The molecule has 8 heteroatoms. The van der Waals surface area contributed by atoms with Crippen LogP contribution < -0.4 is 15.5 Å². The van der Waals surface area contributed by atoms with Crippen LogP contribution in [0.15, 0.2) is 18.2 Å². The fourth-order valence-corrected chi connectivity index (χ4v) is 3.85. The standard InChI is InChI=1S/C21H27ClFN5O/c1-12-19(24-13(2)25-20(12)28(3)4)26-15-6-8-16(9-7-15)27-21(29)14-5-10-18(23)17(22)11-14/h5,10-11,15-16H,6-9H2,1-4H3,(H,27,29)(H,24,25,26). The first kappa shape index (κ1) is 21.3. The van der Waals surface area contributed by atoms with Crippen molar-refractivity contribution in [2.75, 3.05) is 24.3 Å². The highest BCUT2D eigenvalue weighted by Gasteiger charge is 2.24. The Hall–Kier alpha value is -2.41. The SMILES string of the molecule is Cc1nc(NC2CCC(NC(=O)c3ccc(F)c(Cl)c3)CC2)c(C)c(N(C)C)n1. The number of aryl methyl sites for hydroxylation is 1. The number of anilines is 2. The number of carbonyl (C=O) groups is 1. The number of amides is 1. The number of benzene rings is 1. The Balaban J connectivity index is 1.57. The van der Waals surface area contributed by atoms with Crippen molar-refractivity contribution in [2.24, 2.45) is 0 Å². The number of halogens is 2. The Morgan fingerprint density at radius 1 is 1.14 bits per heavy atom. The summed E-state index contributed by atoms with van der Waals surface area (Å²) in [7, 11) is 3.95. The zero-order valence-corrected chi connectivity index (χ0v) is 18.0. The van der Waals surface area contributed by atoms with Crippen LogP contribution in [0.25, 0.3) is 0 Å². The highest BCUT2D eigenvalue weighted by molar-refractivity contribution is 6.31. The van der Waals surface area contributed by atoms with Crippen molar-refractivity contribution < 1.29 is 9.18 Å². The molecule has 3 rings (SSSR count). The summed E-state index contributed by atoms with van der Waals surface area (Å²) in [6.45, 7) is 3.92. The van der Waals surface area contributed by atoms with E-state index in [1.165, 1.54) is 18.2 Å². The van der Waals surface area contributed by atoms with Crippen molar-refractivity contribution in [1.29, 1.82) is 0 Å². The average Bonchev–Trinajstić information content (AvgIpc) is 2.67. The minimum atomic E-state index is -0.525. The summed E-state index contributed by atoms with van der Waals surface area (Å²) >= 11 is 5.77. The highest BCUT2D eigenvalue weighted by atomic mass is 35.5. The molecule has 1 heterocycles. The molecule has 1 saturated carbocycles. The van der Waals surface area contributed by atoms with Crippen molar-refractivity contribution in [3.8, 4) is 0 Å². The molecule has 1 aromatic carbocycles. The molecule has 1 aliphatic carbocycles. The van der Waals surface area contributed by atoms with E-state index in [1.54, 1.807) is 0 Å². The second kappa shape index (κ2) is 8.95. The summed E-state index contributed by atoms with van der Waals surface area (Å²) in [5.41, 5.74) is 1.41. The van der Waals surface area contributed by atoms with Crippen LogP contribution in [0.1, 0.15) is 47.4 Å². The van der Waals surface area contributed by atoms with Crippen LogP contribution in [0.3, 0.4) is 0 Å². The van der Waals surface area contributed by atoms with E-state index in [-0.39, 0.29) is 17.0 Å². The molecule has 156 valence electrons. The maximum Gasteiger partial charge on any atom is 0.251 e. The Morgan fingerprint density at radius 2 is 1.79 bits per heavy atom. The Bertz CT molecular complexity index is 897. The topological polar surface area (TPSA) is 70.2 Å². The smallest absolute Gasteiger partial charge is 0.251 e. The molecule has 29 heavy (non-hydrogen) atoms. The summed E-state index contributed by atoms with van der Waals surface area (Å²) in [5, 5.41) is 6.54. The fraction of sp³-hybridized carbons (Fsp3) is 0.476. The molecule has 1 aromatic heterocycles. The quantitative estimate of drug-likeness (QED) is 0.763. The Labute approximate surface area is 175 Å². The molecule has 0 atom stereocenters. The third kappa shape index (κ3) is 5.15. The van der Waals surface area contributed by atoms with Crippen LogP contribution in [0.4, 0.5) is 16.0 Å². The van der Waals surface area contributed by atoms with Gasteiger partial charge in [-0.15, -0.1) is 0 Å². The van der Waals surface area contributed by atoms with E-state index in [0.29, 0.717) is 11.6 Å². The van der Waals surface area contributed by atoms with Crippen molar-refractivity contribution in [2.45, 2.75) is 51.6 Å².